The van der Waals surface area contributed by atoms with Crippen molar-refractivity contribution >= 4 is 33.6 Å². The lowest BCUT2D eigenvalue weighted by Crippen LogP contribution is -2.30. The maximum Gasteiger partial charge on any atom is 0.472 e. The highest BCUT2D eigenvalue weighted by molar-refractivity contribution is 7.47. The van der Waals surface area contributed by atoms with Gasteiger partial charge in [0.1, 0.15) is 25.4 Å². The SMILES string of the molecule is CC/C=C\C/C=C\C/C=C\CCCCCCCC(=O)OCC(O)COP(=O)(O)OCC(O)COP(=O)(O)OCC(COC(=O)CCCCCCCCCCCCCCC)OC(=O)CCCCCCCCCCCCC. The quantitative estimate of drug-likeness (QED) is 0.0146. The van der Waals surface area contributed by atoms with Crippen molar-refractivity contribution in [2.45, 2.75) is 270 Å². The van der Waals surface area contributed by atoms with E-state index in [0.717, 1.165) is 96.3 Å². The first-order chi connectivity index (χ1) is 36.2. The molecule has 0 aromatic carbocycles. The monoisotopic (exact) mass is 1110 g/mol. The Bertz CT molecular complexity index is 1540. The Morgan fingerprint density at radius 1 is 0.387 bits per heavy atom. The van der Waals surface area contributed by atoms with Gasteiger partial charge in [-0.1, -0.05) is 218 Å². The van der Waals surface area contributed by atoms with Crippen LogP contribution in [0, 0.1) is 0 Å². The van der Waals surface area contributed by atoms with Crippen LogP contribution in [0.25, 0.3) is 0 Å². The van der Waals surface area contributed by atoms with E-state index in [-0.39, 0.29) is 19.3 Å². The van der Waals surface area contributed by atoms with Gasteiger partial charge in [0.05, 0.1) is 26.4 Å². The van der Waals surface area contributed by atoms with E-state index in [9.17, 15) is 43.5 Å². The first kappa shape index (κ1) is 72.8. The molecular formula is C57H106O16P2. The predicted octanol–water partition coefficient (Wildman–Crippen LogP) is 14.7. The standard InChI is InChI=1S/C57H106O16P2/c1-4-7-10-13-16-19-22-24-25-27-30-31-34-37-40-43-55(60)67-46-52(58)47-69-74(63,64)70-48-53(59)49-71-75(65,66)72-51-54(73-57(62)45-42-39-36-33-28-21-18-15-12-9-6-3)50-68-56(61)44-41-38-35-32-29-26-23-20-17-14-11-8-5-2/h7,10,16,19,24-25,52-54,58-59H,4-6,8-9,11-15,17-18,20-23,26-51H2,1-3H3,(H,63,64)(H,65,66)/b10-7-,19-16-,25-24-. The number of aliphatic hydroxyl groups is 2. The van der Waals surface area contributed by atoms with E-state index >= 15 is 0 Å². The van der Waals surface area contributed by atoms with Crippen molar-refractivity contribution in [3.05, 3.63) is 36.5 Å². The molecular weight excluding hydrogens is 1000 g/mol. The number of esters is 3. The number of allylic oxidation sites excluding steroid dienone is 6. The first-order valence-corrected chi connectivity index (χ1v) is 32.3. The topological polar surface area (TPSA) is 231 Å². The van der Waals surface area contributed by atoms with Crippen molar-refractivity contribution in [3.63, 3.8) is 0 Å². The third kappa shape index (κ3) is 53.6. The zero-order chi connectivity index (χ0) is 55.4. The van der Waals surface area contributed by atoms with Crippen LogP contribution in [0.1, 0.15) is 252 Å². The summed E-state index contributed by atoms with van der Waals surface area (Å²) in [5.41, 5.74) is 0. The second-order valence-corrected chi connectivity index (χ2v) is 22.7. The fourth-order valence-corrected chi connectivity index (χ4v) is 9.46. The normalized spacial score (nSPS) is 14.8. The fraction of sp³-hybridized carbons (Fsp3) is 0.842. The molecule has 0 aliphatic carbocycles. The summed E-state index contributed by atoms with van der Waals surface area (Å²) in [6.45, 7) is 2.53. The van der Waals surface area contributed by atoms with Gasteiger partial charge in [0.2, 0.25) is 0 Å². The van der Waals surface area contributed by atoms with Crippen molar-refractivity contribution < 1.29 is 75.8 Å². The fourth-order valence-electron chi connectivity index (χ4n) is 7.88. The molecule has 16 nitrogen and oxygen atoms in total. The van der Waals surface area contributed by atoms with Gasteiger partial charge in [-0.25, -0.2) is 9.13 Å². The predicted molar refractivity (Wildman–Crippen MR) is 298 cm³/mol. The highest BCUT2D eigenvalue weighted by Crippen LogP contribution is 2.45. The van der Waals surface area contributed by atoms with Crippen LogP contribution in [0.4, 0.5) is 0 Å². The minimum Gasteiger partial charge on any atom is -0.463 e. The van der Waals surface area contributed by atoms with E-state index in [1.165, 1.54) is 96.3 Å². The molecule has 0 aromatic heterocycles. The number of aliphatic hydroxyl groups excluding tert-OH is 2. The summed E-state index contributed by atoms with van der Waals surface area (Å²) >= 11 is 0. The Hall–Kier alpha value is -2.23. The third-order valence-corrected chi connectivity index (χ3v) is 14.3. The molecule has 0 saturated carbocycles. The van der Waals surface area contributed by atoms with Gasteiger partial charge in [-0.05, 0) is 51.4 Å². The van der Waals surface area contributed by atoms with Gasteiger partial charge in [0.25, 0.3) is 0 Å². The van der Waals surface area contributed by atoms with E-state index in [0.29, 0.717) is 19.3 Å². The molecule has 440 valence electrons. The highest BCUT2D eigenvalue weighted by Gasteiger charge is 2.29. The van der Waals surface area contributed by atoms with Gasteiger partial charge in [-0.3, -0.25) is 32.5 Å². The molecule has 0 aliphatic rings. The summed E-state index contributed by atoms with van der Waals surface area (Å²) in [5, 5.41) is 20.4. The molecule has 0 rings (SSSR count). The van der Waals surface area contributed by atoms with Gasteiger partial charge < -0.3 is 34.2 Å². The second kappa shape index (κ2) is 52.5. The molecule has 0 heterocycles. The third-order valence-electron chi connectivity index (χ3n) is 12.4. The van der Waals surface area contributed by atoms with Gasteiger partial charge in [-0.15, -0.1) is 0 Å². The second-order valence-electron chi connectivity index (χ2n) is 19.8. The molecule has 5 atom stereocenters. The zero-order valence-electron chi connectivity index (χ0n) is 47.0. The number of carbonyl (C=O) groups excluding carboxylic acids is 3. The molecule has 5 unspecified atom stereocenters. The van der Waals surface area contributed by atoms with Crippen molar-refractivity contribution in [3.8, 4) is 0 Å². The Morgan fingerprint density at radius 3 is 1.12 bits per heavy atom. The Balaban J connectivity index is 4.64. The van der Waals surface area contributed by atoms with Crippen molar-refractivity contribution in [1.29, 1.82) is 0 Å². The average Bonchev–Trinajstić information content (AvgIpc) is 3.38. The Labute approximate surface area is 454 Å². The van der Waals surface area contributed by atoms with Crippen LogP contribution >= 0.6 is 15.6 Å². The van der Waals surface area contributed by atoms with Crippen LogP contribution in [-0.4, -0.2) is 95.9 Å². The van der Waals surface area contributed by atoms with Crippen molar-refractivity contribution in [2.75, 3.05) is 39.6 Å². The number of ether oxygens (including phenoxy) is 3. The van der Waals surface area contributed by atoms with E-state index in [1.54, 1.807) is 0 Å². The maximum absolute atomic E-state index is 12.8. The molecule has 4 N–H and O–H groups in total. The van der Waals surface area contributed by atoms with E-state index in [1.807, 2.05) is 0 Å². The van der Waals surface area contributed by atoms with Gasteiger partial charge in [-0.2, -0.15) is 0 Å². The van der Waals surface area contributed by atoms with E-state index in [4.69, 9.17) is 32.3 Å². The average molecular weight is 1110 g/mol. The summed E-state index contributed by atoms with van der Waals surface area (Å²) in [7, 11) is -9.74. The molecule has 0 bridgehead atoms. The zero-order valence-corrected chi connectivity index (χ0v) is 48.8. The van der Waals surface area contributed by atoms with Crippen LogP contribution in [0.15, 0.2) is 36.5 Å². The summed E-state index contributed by atoms with van der Waals surface area (Å²) in [6.07, 6.45) is 45.1. The molecule has 75 heavy (non-hydrogen) atoms. The number of phosphoric acid groups is 2. The lowest BCUT2D eigenvalue weighted by Gasteiger charge is -2.21. The molecule has 0 aliphatic heterocycles. The lowest BCUT2D eigenvalue weighted by molar-refractivity contribution is -0.161. The van der Waals surface area contributed by atoms with Crippen LogP contribution in [-0.2, 0) is 55.8 Å². The minimum absolute atomic E-state index is 0.112. The van der Waals surface area contributed by atoms with E-state index in [2.05, 4.69) is 57.2 Å². The van der Waals surface area contributed by atoms with Gasteiger partial charge in [0, 0.05) is 19.3 Å². The minimum atomic E-state index is -4.90. The highest BCUT2D eigenvalue weighted by atomic mass is 31.2. The number of hydrogen-bond acceptors (Lipinski definition) is 14. The van der Waals surface area contributed by atoms with Crippen LogP contribution in [0.2, 0.25) is 0 Å². The number of unbranched alkanes of at least 4 members (excludes halogenated alkanes) is 27. The number of hydrogen-bond donors (Lipinski definition) is 4. The first-order valence-electron chi connectivity index (χ1n) is 29.3. The largest absolute Gasteiger partial charge is 0.472 e. The summed E-state index contributed by atoms with van der Waals surface area (Å²) < 4.78 is 60.5. The lowest BCUT2D eigenvalue weighted by atomic mass is 10.0. The van der Waals surface area contributed by atoms with Crippen molar-refractivity contribution in [2.24, 2.45) is 0 Å². The van der Waals surface area contributed by atoms with Crippen LogP contribution in [0.3, 0.4) is 0 Å². The molecule has 0 fully saturated rings. The molecule has 0 aromatic rings. The molecule has 0 radical (unpaired) electrons. The molecule has 0 amide bonds. The van der Waals surface area contributed by atoms with Crippen LogP contribution < -0.4 is 0 Å². The summed E-state index contributed by atoms with van der Waals surface area (Å²) in [6, 6.07) is 0. The maximum atomic E-state index is 12.8. The van der Waals surface area contributed by atoms with Crippen molar-refractivity contribution in [1.82, 2.24) is 0 Å². The molecule has 0 saturated heterocycles. The summed E-state index contributed by atoms with van der Waals surface area (Å²) in [4.78, 5) is 57.9. The van der Waals surface area contributed by atoms with Gasteiger partial charge in [0.15, 0.2) is 6.10 Å². The van der Waals surface area contributed by atoms with Crippen LogP contribution in [0.5, 0.6) is 0 Å². The number of phosphoric ester groups is 2. The summed E-state index contributed by atoms with van der Waals surface area (Å²) in [5.74, 6) is -1.58. The van der Waals surface area contributed by atoms with E-state index < -0.39 is 91.5 Å². The molecule has 0 spiro atoms. The number of carbonyl (C=O) groups is 3. The Kier molecular flexibility index (Phi) is 50.9. The number of rotatable bonds is 56. The van der Waals surface area contributed by atoms with Gasteiger partial charge >= 0.3 is 33.6 Å². The Morgan fingerprint density at radius 2 is 0.707 bits per heavy atom. The smallest absolute Gasteiger partial charge is 0.463 e. The molecule has 18 heteroatoms.